The summed E-state index contributed by atoms with van der Waals surface area (Å²) in [5.41, 5.74) is 0.780. The zero-order valence-electron chi connectivity index (χ0n) is 11.9. The van der Waals surface area contributed by atoms with Gasteiger partial charge in [0.25, 0.3) is 0 Å². The third kappa shape index (κ3) is 3.28. The van der Waals surface area contributed by atoms with Crippen LogP contribution in [0.3, 0.4) is 0 Å². The van der Waals surface area contributed by atoms with E-state index in [1.54, 1.807) is 4.90 Å². The molecule has 1 heterocycles. The molecule has 1 aromatic rings. The molecule has 20 heavy (non-hydrogen) atoms. The highest BCUT2D eigenvalue weighted by molar-refractivity contribution is 7.80. The van der Waals surface area contributed by atoms with Crippen LogP contribution < -0.4 is 15.0 Å². The minimum Gasteiger partial charge on any atom is -0.494 e. The highest BCUT2D eigenvalue weighted by Gasteiger charge is 2.29. The topological polar surface area (TPSA) is 41.6 Å². The van der Waals surface area contributed by atoms with E-state index >= 15 is 0 Å². The van der Waals surface area contributed by atoms with Gasteiger partial charge in [-0.1, -0.05) is 20.3 Å². The number of amides is 1. The van der Waals surface area contributed by atoms with Crippen molar-refractivity contribution in [3.8, 4) is 5.75 Å². The first-order valence-corrected chi connectivity index (χ1v) is 7.39. The van der Waals surface area contributed by atoms with Gasteiger partial charge in [0.1, 0.15) is 5.75 Å². The summed E-state index contributed by atoms with van der Waals surface area (Å²) in [5.74, 6) is 0.786. The van der Waals surface area contributed by atoms with Crippen LogP contribution in [-0.2, 0) is 4.79 Å². The van der Waals surface area contributed by atoms with Crippen molar-refractivity contribution in [1.29, 1.82) is 0 Å². The number of unbranched alkanes of at least 4 members (excludes halogenated alkanes) is 1. The van der Waals surface area contributed by atoms with Gasteiger partial charge in [-0.25, -0.2) is 0 Å². The fourth-order valence-corrected chi connectivity index (χ4v) is 2.28. The van der Waals surface area contributed by atoms with E-state index < -0.39 is 0 Å². The number of hydrogen-bond acceptors (Lipinski definition) is 3. The Bertz CT molecular complexity index is 487. The van der Waals surface area contributed by atoms with Crippen molar-refractivity contribution in [2.45, 2.75) is 26.7 Å². The number of nitrogens with one attached hydrogen (secondary N) is 1. The summed E-state index contributed by atoms with van der Waals surface area (Å²) >= 11 is 5.22. The molecule has 1 aliphatic rings. The summed E-state index contributed by atoms with van der Waals surface area (Å²) in [6.07, 6.45) is 2.15. The number of rotatable bonds is 5. The van der Waals surface area contributed by atoms with Crippen molar-refractivity contribution in [3.63, 3.8) is 0 Å². The van der Waals surface area contributed by atoms with Gasteiger partial charge in [-0.3, -0.25) is 9.69 Å². The fourth-order valence-electron chi connectivity index (χ4n) is 2.00. The Hall–Kier alpha value is -1.62. The Morgan fingerprint density at radius 2 is 2.10 bits per heavy atom. The minimum absolute atomic E-state index is 0.0356. The molecule has 0 unspecified atom stereocenters. The molecule has 0 aliphatic carbocycles. The summed E-state index contributed by atoms with van der Waals surface area (Å²) in [7, 11) is 0. The number of carbonyl (C=O) groups excluding carboxylic acids is 1. The monoisotopic (exact) mass is 292 g/mol. The molecule has 1 aromatic carbocycles. The first-order chi connectivity index (χ1) is 9.63. The van der Waals surface area contributed by atoms with Crippen LogP contribution in [0.5, 0.6) is 5.75 Å². The third-order valence-electron chi connectivity index (χ3n) is 3.27. The van der Waals surface area contributed by atoms with Crippen LogP contribution in [0.15, 0.2) is 24.3 Å². The van der Waals surface area contributed by atoms with Gasteiger partial charge >= 0.3 is 0 Å². The van der Waals surface area contributed by atoms with Gasteiger partial charge < -0.3 is 10.1 Å². The molecule has 1 saturated heterocycles. The molecule has 108 valence electrons. The fraction of sp³-hybridized carbons (Fsp3) is 0.467. The van der Waals surface area contributed by atoms with Crippen molar-refractivity contribution >= 4 is 28.9 Å². The molecular formula is C15H20N2O2S. The number of hydrogen-bond donors (Lipinski definition) is 1. The van der Waals surface area contributed by atoms with Gasteiger partial charge in [-0.15, -0.1) is 0 Å². The standard InChI is InChI=1S/C15H20N2O2S/c1-3-4-9-19-13-7-5-12(6-8-13)17-14(18)11(2)10-16-15(17)20/h5-8,11H,3-4,9-10H2,1-2H3,(H,16,20)/t11-/m1/s1. The van der Waals surface area contributed by atoms with Gasteiger partial charge in [0.2, 0.25) is 5.91 Å². The number of benzene rings is 1. The SMILES string of the molecule is CCCCOc1ccc(N2C(=O)[C@H](C)CNC2=S)cc1. The lowest BCUT2D eigenvalue weighted by Crippen LogP contribution is -2.54. The third-order valence-corrected chi connectivity index (χ3v) is 3.59. The highest BCUT2D eigenvalue weighted by atomic mass is 32.1. The molecule has 0 radical (unpaired) electrons. The van der Waals surface area contributed by atoms with Gasteiger partial charge in [-0.2, -0.15) is 0 Å². The van der Waals surface area contributed by atoms with Gasteiger partial charge in [0.05, 0.1) is 18.2 Å². The molecule has 1 N–H and O–H groups in total. The lowest BCUT2D eigenvalue weighted by molar-refractivity contribution is -0.121. The minimum atomic E-state index is -0.0674. The number of thiocarbonyl (C=S) groups is 1. The maximum Gasteiger partial charge on any atom is 0.237 e. The second kappa shape index (κ2) is 6.70. The zero-order valence-corrected chi connectivity index (χ0v) is 12.7. The van der Waals surface area contributed by atoms with E-state index in [2.05, 4.69) is 12.2 Å². The van der Waals surface area contributed by atoms with Crippen LogP contribution in [0.25, 0.3) is 0 Å². The maximum atomic E-state index is 12.2. The predicted molar refractivity (Wildman–Crippen MR) is 84.1 cm³/mol. The molecule has 0 saturated carbocycles. The lowest BCUT2D eigenvalue weighted by Gasteiger charge is -2.32. The smallest absolute Gasteiger partial charge is 0.237 e. The van der Waals surface area contributed by atoms with Gasteiger partial charge in [0, 0.05) is 6.54 Å². The van der Waals surface area contributed by atoms with Crippen LogP contribution >= 0.6 is 12.2 Å². The number of anilines is 1. The van der Waals surface area contributed by atoms with Crippen molar-refractivity contribution in [3.05, 3.63) is 24.3 Å². The number of nitrogens with zero attached hydrogens (tertiary/aromatic N) is 1. The summed E-state index contributed by atoms with van der Waals surface area (Å²) in [6, 6.07) is 7.48. The molecule has 0 aromatic heterocycles. The van der Waals surface area contributed by atoms with E-state index in [1.165, 1.54) is 0 Å². The highest BCUT2D eigenvalue weighted by Crippen LogP contribution is 2.23. The van der Waals surface area contributed by atoms with E-state index in [0.717, 1.165) is 30.9 Å². The average Bonchev–Trinajstić information content (AvgIpc) is 2.45. The second-order valence-corrected chi connectivity index (χ2v) is 5.34. The van der Waals surface area contributed by atoms with Crippen molar-refractivity contribution in [1.82, 2.24) is 5.32 Å². The quantitative estimate of drug-likeness (QED) is 0.669. The Morgan fingerprint density at radius 1 is 1.40 bits per heavy atom. The summed E-state index contributed by atoms with van der Waals surface area (Å²) in [6.45, 7) is 5.34. The van der Waals surface area contributed by atoms with E-state index in [-0.39, 0.29) is 11.8 Å². The van der Waals surface area contributed by atoms with Gasteiger partial charge in [0.15, 0.2) is 5.11 Å². The second-order valence-electron chi connectivity index (χ2n) is 4.96. The molecule has 5 heteroatoms. The average molecular weight is 292 g/mol. The molecule has 1 atom stereocenters. The van der Waals surface area contributed by atoms with E-state index in [0.29, 0.717) is 11.7 Å². The normalized spacial score (nSPS) is 18.9. The largest absolute Gasteiger partial charge is 0.494 e. The Morgan fingerprint density at radius 3 is 2.75 bits per heavy atom. The van der Waals surface area contributed by atoms with Crippen molar-refractivity contribution in [2.24, 2.45) is 5.92 Å². The Labute approximate surface area is 125 Å². The lowest BCUT2D eigenvalue weighted by atomic mass is 10.1. The molecule has 1 amide bonds. The molecule has 0 bridgehead atoms. The molecule has 0 spiro atoms. The van der Waals surface area contributed by atoms with Crippen LogP contribution in [0.1, 0.15) is 26.7 Å². The van der Waals surface area contributed by atoms with E-state index in [1.807, 2.05) is 31.2 Å². The summed E-state index contributed by atoms with van der Waals surface area (Å²) in [5, 5.41) is 3.54. The first-order valence-electron chi connectivity index (χ1n) is 6.98. The summed E-state index contributed by atoms with van der Waals surface area (Å²) < 4.78 is 5.61. The van der Waals surface area contributed by atoms with E-state index in [9.17, 15) is 4.79 Å². The molecular weight excluding hydrogens is 272 g/mol. The molecule has 2 rings (SSSR count). The zero-order chi connectivity index (χ0) is 14.5. The molecule has 1 fully saturated rings. The van der Waals surface area contributed by atoms with Crippen LogP contribution in [-0.4, -0.2) is 24.2 Å². The summed E-state index contributed by atoms with van der Waals surface area (Å²) in [4.78, 5) is 13.8. The number of ether oxygens (including phenoxy) is 1. The van der Waals surface area contributed by atoms with Crippen LogP contribution in [0.4, 0.5) is 5.69 Å². The Balaban J connectivity index is 2.08. The van der Waals surface area contributed by atoms with Crippen LogP contribution in [0, 0.1) is 5.92 Å². The predicted octanol–water partition coefficient (Wildman–Crippen LogP) is 2.72. The molecule has 1 aliphatic heterocycles. The first kappa shape index (κ1) is 14.8. The van der Waals surface area contributed by atoms with E-state index in [4.69, 9.17) is 17.0 Å². The van der Waals surface area contributed by atoms with Crippen LogP contribution in [0.2, 0.25) is 0 Å². The van der Waals surface area contributed by atoms with Crippen molar-refractivity contribution < 1.29 is 9.53 Å². The number of carbonyl (C=O) groups is 1. The molecule has 4 nitrogen and oxygen atoms in total. The Kier molecular flexibility index (Phi) is 4.95. The van der Waals surface area contributed by atoms with Crippen molar-refractivity contribution in [2.75, 3.05) is 18.1 Å². The van der Waals surface area contributed by atoms with Gasteiger partial charge in [-0.05, 0) is 42.9 Å². The maximum absolute atomic E-state index is 12.2.